The van der Waals surface area contributed by atoms with E-state index in [-0.39, 0.29) is 18.0 Å². The highest BCUT2D eigenvalue weighted by Gasteiger charge is 2.09. The summed E-state index contributed by atoms with van der Waals surface area (Å²) in [6.07, 6.45) is 1.61. The third-order valence-corrected chi connectivity index (χ3v) is 3.71. The third kappa shape index (κ3) is 4.13. The molecule has 1 amide bonds. The Kier molecular flexibility index (Phi) is 5.07. The monoisotopic (exact) mass is 350 g/mol. The zero-order valence-corrected chi connectivity index (χ0v) is 14.5. The maximum atomic E-state index is 12.2. The molecule has 7 heteroatoms. The predicted molar refractivity (Wildman–Crippen MR) is 98.1 cm³/mol. The van der Waals surface area contributed by atoms with E-state index >= 15 is 0 Å². The lowest BCUT2D eigenvalue weighted by Crippen LogP contribution is -2.29. The number of aryl methyl sites for hydroxylation is 1. The second kappa shape index (κ2) is 7.60. The Morgan fingerprint density at radius 3 is 2.81 bits per heavy atom. The van der Waals surface area contributed by atoms with Gasteiger partial charge in [0.1, 0.15) is 18.1 Å². The number of carbonyl (C=O) groups is 1. The van der Waals surface area contributed by atoms with Gasteiger partial charge >= 0.3 is 0 Å². The molecule has 3 rings (SSSR count). The average molecular weight is 350 g/mol. The Morgan fingerprint density at radius 1 is 1.19 bits per heavy atom. The molecule has 0 radical (unpaired) electrons. The van der Waals surface area contributed by atoms with E-state index in [2.05, 4.69) is 15.4 Å². The predicted octanol–water partition coefficient (Wildman–Crippen LogP) is 2.26. The standard InChI is InChI=1S/C19H18N4O3/c1-13-8-9-20-17(10-13)21-18(24)12-23-19(25)7-6-16(22-23)14-4-3-5-15(11-14)26-2/h3-11H,12H2,1-2H3,(H,20,21,24). The number of hydrogen-bond donors (Lipinski definition) is 1. The number of pyridine rings is 1. The van der Waals surface area contributed by atoms with Crippen LogP contribution < -0.4 is 15.6 Å². The number of nitrogens with one attached hydrogen (secondary N) is 1. The van der Waals surface area contributed by atoms with Gasteiger partial charge in [0.05, 0.1) is 12.8 Å². The van der Waals surface area contributed by atoms with Crippen LogP contribution in [0.4, 0.5) is 5.82 Å². The largest absolute Gasteiger partial charge is 0.497 e. The minimum Gasteiger partial charge on any atom is -0.497 e. The van der Waals surface area contributed by atoms with Crippen molar-refractivity contribution in [1.82, 2.24) is 14.8 Å². The van der Waals surface area contributed by atoms with Gasteiger partial charge in [-0.3, -0.25) is 9.59 Å². The molecular formula is C19H18N4O3. The fourth-order valence-electron chi connectivity index (χ4n) is 2.42. The Labute approximate surface area is 150 Å². The van der Waals surface area contributed by atoms with Crippen molar-refractivity contribution >= 4 is 11.7 Å². The molecule has 0 aliphatic carbocycles. The number of nitrogens with zero attached hydrogens (tertiary/aromatic N) is 3. The average Bonchev–Trinajstić information content (AvgIpc) is 2.63. The van der Waals surface area contributed by atoms with Gasteiger partial charge in [-0.1, -0.05) is 12.1 Å². The molecule has 2 heterocycles. The molecular weight excluding hydrogens is 332 g/mol. The van der Waals surface area contributed by atoms with Gasteiger partial charge < -0.3 is 10.1 Å². The highest BCUT2D eigenvalue weighted by atomic mass is 16.5. The molecule has 0 atom stereocenters. The molecule has 1 N–H and O–H groups in total. The molecule has 2 aromatic heterocycles. The molecule has 0 fully saturated rings. The molecule has 0 bridgehead atoms. The second-order valence-electron chi connectivity index (χ2n) is 5.71. The SMILES string of the molecule is COc1cccc(-c2ccc(=O)n(CC(=O)Nc3cc(C)ccn3)n2)c1. The Hall–Kier alpha value is -3.48. The third-order valence-electron chi connectivity index (χ3n) is 3.71. The molecule has 0 saturated heterocycles. The van der Waals surface area contributed by atoms with Crippen LogP contribution in [0.2, 0.25) is 0 Å². The summed E-state index contributed by atoms with van der Waals surface area (Å²) < 4.78 is 6.33. The highest BCUT2D eigenvalue weighted by Crippen LogP contribution is 2.21. The summed E-state index contributed by atoms with van der Waals surface area (Å²) in [4.78, 5) is 28.3. The summed E-state index contributed by atoms with van der Waals surface area (Å²) >= 11 is 0. The van der Waals surface area contributed by atoms with Gasteiger partial charge in [0, 0.05) is 17.8 Å². The van der Waals surface area contributed by atoms with Crippen LogP contribution in [-0.4, -0.2) is 27.8 Å². The number of methoxy groups -OCH3 is 1. The van der Waals surface area contributed by atoms with Gasteiger partial charge in [-0.2, -0.15) is 5.10 Å². The van der Waals surface area contributed by atoms with E-state index in [1.807, 2.05) is 37.3 Å². The molecule has 7 nitrogen and oxygen atoms in total. The summed E-state index contributed by atoms with van der Waals surface area (Å²) in [6, 6.07) is 13.9. The molecule has 0 saturated carbocycles. The maximum Gasteiger partial charge on any atom is 0.267 e. The summed E-state index contributed by atoms with van der Waals surface area (Å²) in [5.41, 5.74) is 1.98. The summed E-state index contributed by atoms with van der Waals surface area (Å²) in [6.45, 7) is 1.70. The van der Waals surface area contributed by atoms with Gasteiger partial charge in [-0.15, -0.1) is 0 Å². The van der Waals surface area contributed by atoms with E-state index in [0.29, 0.717) is 17.3 Å². The summed E-state index contributed by atoms with van der Waals surface area (Å²) in [7, 11) is 1.58. The normalized spacial score (nSPS) is 10.4. The van der Waals surface area contributed by atoms with Crippen LogP contribution in [0.1, 0.15) is 5.56 Å². The Balaban J connectivity index is 1.81. The minimum absolute atomic E-state index is 0.202. The van der Waals surface area contributed by atoms with Gasteiger partial charge in [-0.25, -0.2) is 9.67 Å². The molecule has 1 aromatic carbocycles. The van der Waals surface area contributed by atoms with E-state index in [9.17, 15) is 9.59 Å². The first-order valence-corrected chi connectivity index (χ1v) is 8.00. The zero-order valence-electron chi connectivity index (χ0n) is 14.5. The molecule has 0 aliphatic rings. The van der Waals surface area contributed by atoms with Crippen molar-refractivity contribution in [1.29, 1.82) is 0 Å². The van der Waals surface area contributed by atoms with Crippen molar-refractivity contribution in [2.45, 2.75) is 13.5 Å². The maximum absolute atomic E-state index is 12.2. The van der Waals surface area contributed by atoms with Crippen molar-refractivity contribution < 1.29 is 9.53 Å². The van der Waals surface area contributed by atoms with E-state index in [1.54, 1.807) is 25.4 Å². The van der Waals surface area contributed by atoms with Gasteiger partial charge in [-0.05, 0) is 42.8 Å². The first-order valence-electron chi connectivity index (χ1n) is 8.00. The van der Waals surface area contributed by atoms with E-state index < -0.39 is 0 Å². The number of anilines is 1. The molecule has 3 aromatic rings. The topological polar surface area (TPSA) is 86.1 Å². The van der Waals surface area contributed by atoms with E-state index in [1.165, 1.54) is 6.07 Å². The first kappa shape index (κ1) is 17.3. The lowest BCUT2D eigenvalue weighted by Gasteiger charge is -2.09. The number of hydrogen-bond acceptors (Lipinski definition) is 5. The number of carbonyl (C=O) groups excluding carboxylic acids is 1. The summed E-state index contributed by atoms with van der Waals surface area (Å²) in [5, 5.41) is 6.95. The molecule has 0 aliphatic heterocycles. The lowest BCUT2D eigenvalue weighted by atomic mass is 10.1. The van der Waals surface area contributed by atoms with Crippen molar-refractivity contribution in [2.75, 3.05) is 12.4 Å². The van der Waals surface area contributed by atoms with Crippen molar-refractivity contribution in [3.8, 4) is 17.0 Å². The fourth-order valence-corrected chi connectivity index (χ4v) is 2.42. The van der Waals surface area contributed by atoms with Crippen molar-refractivity contribution in [3.63, 3.8) is 0 Å². The van der Waals surface area contributed by atoms with Gasteiger partial charge in [0.2, 0.25) is 5.91 Å². The van der Waals surface area contributed by atoms with Crippen LogP contribution in [-0.2, 0) is 11.3 Å². The molecule has 0 unspecified atom stereocenters. The molecule has 132 valence electrons. The second-order valence-corrected chi connectivity index (χ2v) is 5.71. The minimum atomic E-state index is -0.375. The van der Waals surface area contributed by atoms with Crippen molar-refractivity contribution in [2.24, 2.45) is 0 Å². The Bertz CT molecular complexity index is 998. The fraction of sp³-hybridized carbons (Fsp3) is 0.158. The number of amides is 1. The number of aromatic nitrogens is 3. The smallest absolute Gasteiger partial charge is 0.267 e. The van der Waals surface area contributed by atoms with Crippen LogP contribution >= 0.6 is 0 Å². The Morgan fingerprint density at radius 2 is 2.04 bits per heavy atom. The summed E-state index contributed by atoms with van der Waals surface area (Å²) in [5.74, 6) is 0.748. The first-order chi connectivity index (χ1) is 12.5. The molecule has 26 heavy (non-hydrogen) atoms. The number of ether oxygens (including phenoxy) is 1. The van der Waals surface area contributed by atoms with Crippen molar-refractivity contribution in [3.05, 3.63) is 70.6 Å². The highest BCUT2D eigenvalue weighted by molar-refractivity contribution is 5.89. The van der Waals surface area contributed by atoms with Crippen LogP contribution in [0.15, 0.2) is 59.5 Å². The number of benzene rings is 1. The molecule has 0 spiro atoms. The lowest BCUT2D eigenvalue weighted by molar-refractivity contribution is -0.117. The quantitative estimate of drug-likeness (QED) is 0.763. The van der Waals surface area contributed by atoms with Crippen LogP contribution in [0.25, 0.3) is 11.3 Å². The van der Waals surface area contributed by atoms with Crippen LogP contribution in [0, 0.1) is 6.92 Å². The van der Waals surface area contributed by atoms with E-state index in [4.69, 9.17) is 4.74 Å². The number of rotatable bonds is 5. The van der Waals surface area contributed by atoms with Crippen LogP contribution in [0.5, 0.6) is 5.75 Å². The van der Waals surface area contributed by atoms with Gasteiger partial charge in [0.25, 0.3) is 5.56 Å². The van der Waals surface area contributed by atoms with Crippen LogP contribution in [0.3, 0.4) is 0 Å². The zero-order chi connectivity index (χ0) is 18.5. The van der Waals surface area contributed by atoms with Gasteiger partial charge in [0.15, 0.2) is 0 Å². The van der Waals surface area contributed by atoms with E-state index in [0.717, 1.165) is 15.8 Å².